The first kappa shape index (κ1) is 16.0. The van der Waals surface area contributed by atoms with E-state index in [-0.39, 0.29) is 0 Å². The molecule has 0 aliphatic rings. The van der Waals surface area contributed by atoms with Gasteiger partial charge in [-0.3, -0.25) is 9.13 Å². The lowest BCUT2D eigenvalue weighted by molar-refractivity contribution is 0.123. The molecule has 4 N–H and O–H groups in total. The first-order valence-electron chi connectivity index (χ1n) is 4.49. The van der Waals surface area contributed by atoms with E-state index in [4.69, 9.17) is 9.79 Å². The van der Waals surface area contributed by atoms with E-state index in [2.05, 4.69) is 20.5 Å². The van der Waals surface area contributed by atoms with Crippen molar-refractivity contribution in [2.45, 2.75) is 5.08 Å². The molecule has 0 radical (unpaired) electrons. The molecule has 1 aromatic rings. The van der Waals surface area contributed by atoms with Crippen LogP contribution in [0.5, 0.6) is 0 Å². The van der Waals surface area contributed by atoms with E-state index >= 15 is 0 Å². The zero-order chi connectivity index (χ0) is 14.2. The molecule has 0 bridgehead atoms. The van der Waals surface area contributed by atoms with Crippen molar-refractivity contribution in [3.63, 3.8) is 0 Å². The number of aliphatic hydroxyl groups is 1. The molecule has 1 aromatic carbocycles. The fourth-order valence-corrected chi connectivity index (χ4v) is 4.34. The van der Waals surface area contributed by atoms with E-state index in [1.807, 2.05) is 0 Å². The minimum Gasteiger partial charge on any atom is -0.364 e. The number of hydrogen-bond donors (Lipinski definition) is 4. The average molecular weight is 361 g/mol. The highest BCUT2D eigenvalue weighted by Crippen LogP contribution is 2.74. The van der Waals surface area contributed by atoms with Gasteiger partial charge in [0.05, 0.1) is 0 Å². The number of benzene rings is 1. The van der Waals surface area contributed by atoms with Crippen LogP contribution in [0.1, 0.15) is 5.56 Å². The molecule has 2 atom stereocenters. The largest absolute Gasteiger partial charge is 0.376 e. The maximum atomic E-state index is 11.7. The van der Waals surface area contributed by atoms with Crippen LogP contribution >= 0.6 is 31.1 Å². The van der Waals surface area contributed by atoms with Gasteiger partial charge in [0, 0.05) is 17.1 Å². The molecule has 7 nitrogen and oxygen atoms in total. The smallest absolute Gasteiger partial charge is 0.364 e. The molecule has 0 spiro atoms. The van der Waals surface area contributed by atoms with Crippen LogP contribution in [0.2, 0.25) is 0 Å². The molecular formula is C8H11BrO7P2. The minimum atomic E-state index is -5.36. The lowest BCUT2D eigenvalue weighted by Gasteiger charge is -2.31. The lowest BCUT2D eigenvalue weighted by atomic mass is 10.2. The first-order chi connectivity index (χ1) is 8.06. The highest BCUT2D eigenvalue weighted by molar-refractivity contribution is 9.10. The van der Waals surface area contributed by atoms with E-state index in [1.54, 1.807) is 0 Å². The van der Waals surface area contributed by atoms with E-state index in [0.717, 1.165) is 19.2 Å². The van der Waals surface area contributed by atoms with E-state index < -0.39 is 25.8 Å². The maximum Gasteiger partial charge on any atom is 0.376 e. The van der Waals surface area contributed by atoms with Crippen LogP contribution in [0.3, 0.4) is 0 Å². The Morgan fingerprint density at radius 1 is 1.17 bits per heavy atom. The molecule has 0 saturated carbocycles. The fraction of sp³-hybridized carbons (Fsp3) is 0.250. The lowest BCUT2D eigenvalue weighted by Crippen LogP contribution is -2.26. The van der Waals surface area contributed by atoms with Gasteiger partial charge in [-0.1, -0.05) is 28.1 Å². The van der Waals surface area contributed by atoms with Crippen LogP contribution < -0.4 is 0 Å². The quantitative estimate of drug-likeness (QED) is 0.600. The Morgan fingerprint density at radius 2 is 1.61 bits per heavy atom. The Morgan fingerprint density at radius 3 is 1.94 bits per heavy atom. The van der Waals surface area contributed by atoms with Crippen molar-refractivity contribution in [3.8, 4) is 0 Å². The second-order valence-electron chi connectivity index (χ2n) is 3.39. The van der Waals surface area contributed by atoms with Crippen LogP contribution in [0, 0.1) is 0 Å². The molecule has 1 rings (SSSR count). The molecule has 0 saturated heterocycles. The summed E-state index contributed by atoms with van der Waals surface area (Å²) < 4.78 is 27.8. The predicted molar refractivity (Wildman–Crippen MR) is 66.9 cm³/mol. The molecule has 0 heterocycles. The summed E-state index contributed by atoms with van der Waals surface area (Å²) in [4.78, 5) is 27.8. The molecule has 18 heavy (non-hydrogen) atoms. The van der Waals surface area contributed by atoms with Crippen molar-refractivity contribution in [1.82, 2.24) is 0 Å². The van der Waals surface area contributed by atoms with Crippen LogP contribution in [0.15, 0.2) is 28.7 Å². The summed E-state index contributed by atoms with van der Waals surface area (Å²) >= 11 is 3.09. The summed E-state index contributed by atoms with van der Waals surface area (Å²) in [5.74, 6) is 0. The van der Waals surface area contributed by atoms with Gasteiger partial charge in [0.1, 0.15) is 0 Å². The molecule has 102 valence electrons. The maximum absolute atomic E-state index is 11.7. The van der Waals surface area contributed by atoms with Crippen molar-refractivity contribution in [2.24, 2.45) is 0 Å². The van der Waals surface area contributed by atoms with Gasteiger partial charge in [0.2, 0.25) is 0 Å². The molecule has 0 aromatic heterocycles. The van der Waals surface area contributed by atoms with Crippen LogP contribution in [0.25, 0.3) is 0 Å². The van der Waals surface area contributed by atoms with Crippen LogP contribution in [0.4, 0.5) is 0 Å². The zero-order valence-electron chi connectivity index (χ0n) is 9.10. The van der Waals surface area contributed by atoms with Crippen molar-refractivity contribution >= 4 is 31.1 Å². The van der Waals surface area contributed by atoms with Crippen LogP contribution in [-0.2, 0) is 18.7 Å². The van der Waals surface area contributed by atoms with E-state index in [1.165, 1.54) is 12.1 Å². The topological polar surface area (TPSA) is 124 Å². The third-order valence-corrected chi connectivity index (χ3v) is 6.96. The van der Waals surface area contributed by atoms with Gasteiger partial charge in [-0.25, -0.2) is 0 Å². The number of rotatable bonds is 4. The molecule has 0 fully saturated rings. The SMILES string of the molecule is COP(=O)(O)C(O)(c1ccc(Br)cc1)P(=O)(O)O. The van der Waals surface area contributed by atoms with Gasteiger partial charge in [0.25, 0.3) is 5.08 Å². The van der Waals surface area contributed by atoms with Gasteiger partial charge in [0.15, 0.2) is 0 Å². The Hall–Kier alpha value is -0.0400. The predicted octanol–water partition coefficient (Wildman–Crippen LogP) is 1.56. The van der Waals surface area contributed by atoms with Gasteiger partial charge >= 0.3 is 15.2 Å². The first-order valence-corrected chi connectivity index (χ1v) is 8.47. The van der Waals surface area contributed by atoms with Gasteiger partial charge < -0.3 is 24.3 Å². The molecule has 0 aliphatic heterocycles. The monoisotopic (exact) mass is 360 g/mol. The summed E-state index contributed by atoms with van der Waals surface area (Å²) in [5.41, 5.74) is -0.410. The van der Waals surface area contributed by atoms with E-state index in [0.29, 0.717) is 4.47 Å². The standard InChI is InChI=1S/C8H11BrO7P2/c1-16-18(14,15)8(10,17(11,12)13)6-2-4-7(9)5-3-6/h2-5,10H,1H3,(H,14,15)(H2,11,12,13). The Labute approximate surface area is 111 Å². The highest BCUT2D eigenvalue weighted by atomic mass is 79.9. The van der Waals surface area contributed by atoms with Crippen molar-refractivity contribution in [1.29, 1.82) is 0 Å². The third-order valence-electron chi connectivity index (χ3n) is 2.28. The van der Waals surface area contributed by atoms with Crippen molar-refractivity contribution < 1.29 is 33.4 Å². The molecule has 2 unspecified atom stereocenters. The Bertz CT molecular complexity index is 525. The average Bonchev–Trinajstić information content (AvgIpc) is 2.27. The van der Waals surface area contributed by atoms with Gasteiger partial charge in [-0.15, -0.1) is 0 Å². The van der Waals surface area contributed by atoms with Crippen molar-refractivity contribution in [2.75, 3.05) is 7.11 Å². The van der Waals surface area contributed by atoms with E-state index in [9.17, 15) is 19.1 Å². The second kappa shape index (κ2) is 5.15. The second-order valence-corrected chi connectivity index (χ2v) is 8.45. The summed E-state index contributed by atoms with van der Waals surface area (Å²) in [6, 6.07) is 4.97. The Balaban J connectivity index is 3.54. The zero-order valence-corrected chi connectivity index (χ0v) is 12.5. The summed E-state index contributed by atoms with van der Waals surface area (Å²) in [6.45, 7) is 0. The van der Waals surface area contributed by atoms with Crippen LogP contribution in [-0.4, -0.2) is 26.9 Å². The van der Waals surface area contributed by atoms with Gasteiger partial charge in [-0.05, 0) is 12.1 Å². The third kappa shape index (κ3) is 2.61. The minimum absolute atomic E-state index is 0.410. The van der Waals surface area contributed by atoms with Crippen molar-refractivity contribution in [3.05, 3.63) is 34.3 Å². The number of halogens is 1. The molecule has 10 heteroatoms. The fourth-order valence-electron chi connectivity index (χ4n) is 1.30. The van der Waals surface area contributed by atoms with Gasteiger partial charge in [-0.2, -0.15) is 0 Å². The summed E-state index contributed by atoms with van der Waals surface area (Å²) in [7, 11) is -9.56. The summed E-state index contributed by atoms with van der Waals surface area (Å²) in [6.07, 6.45) is 0. The normalized spacial score (nSPS) is 19.0. The Kier molecular flexibility index (Phi) is 4.58. The highest BCUT2D eigenvalue weighted by Gasteiger charge is 2.61. The number of hydrogen-bond acceptors (Lipinski definition) is 4. The molecular weight excluding hydrogens is 350 g/mol. The molecule has 0 amide bonds. The molecule has 0 aliphatic carbocycles. The summed E-state index contributed by atoms with van der Waals surface area (Å²) in [5, 5.41) is 6.73.